The number of nitrogens with zero attached hydrogens (tertiary/aromatic N) is 1. The number of hydrogen-bond acceptors (Lipinski definition) is 2. The Morgan fingerprint density at radius 1 is 1.35 bits per heavy atom. The Morgan fingerprint density at radius 2 is 2.20 bits per heavy atom. The van der Waals surface area contributed by atoms with E-state index < -0.39 is 0 Å². The smallest absolute Gasteiger partial charge is 0.191 e. The molecule has 110 valence electrons. The number of thiophene rings is 1. The van der Waals surface area contributed by atoms with Crippen molar-refractivity contribution >= 4 is 17.3 Å². The lowest BCUT2D eigenvalue weighted by atomic mass is 9.85. The molecule has 2 atom stereocenters. The van der Waals surface area contributed by atoms with Gasteiger partial charge < -0.3 is 10.6 Å². The third-order valence-corrected chi connectivity index (χ3v) is 5.41. The van der Waals surface area contributed by atoms with Gasteiger partial charge in [-0.15, -0.1) is 0 Å². The fraction of sp³-hybridized carbons (Fsp3) is 0.688. The Hall–Kier alpha value is -1.03. The van der Waals surface area contributed by atoms with Gasteiger partial charge in [0.25, 0.3) is 0 Å². The number of aliphatic imine (C=N–C) groups is 1. The van der Waals surface area contributed by atoms with Crippen LogP contribution in [0.5, 0.6) is 0 Å². The highest BCUT2D eigenvalue weighted by molar-refractivity contribution is 7.07. The molecule has 20 heavy (non-hydrogen) atoms. The van der Waals surface area contributed by atoms with Crippen LogP contribution in [0.4, 0.5) is 0 Å². The molecule has 2 unspecified atom stereocenters. The summed E-state index contributed by atoms with van der Waals surface area (Å²) in [5.41, 5.74) is 1.33. The summed E-state index contributed by atoms with van der Waals surface area (Å²) >= 11 is 1.74. The molecule has 0 amide bonds. The number of rotatable bonds is 4. The molecule has 0 spiro atoms. The van der Waals surface area contributed by atoms with Crippen LogP contribution < -0.4 is 10.6 Å². The molecule has 3 rings (SSSR count). The number of hydrogen-bond donors (Lipinski definition) is 2. The molecule has 2 aliphatic carbocycles. The van der Waals surface area contributed by atoms with E-state index in [4.69, 9.17) is 0 Å². The molecule has 2 fully saturated rings. The lowest BCUT2D eigenvalue weighted by Crippen LogP contribution is -2.39. The van der Waals surface area contributed by atoms with Gasteiger partial charge in [0, 0.05) is 19.6 Å². The summed E-state index contributed by atoms with van der Waals surface area (Å²) in [7, 11) is 1.86. The minimum atomic E-state index is 0.659. The first-order chi connectivity index (χ1) is 9.86. The molecule has 1 heterocycles. The Balaban J connectivity index is 1.42. The largest absolute Gasteiger partial charge is 0.353 e. The van der Waals surface area contributed by atoms with Crippen LogP contribution in [-0.4, -0.2) is 19.0 Å². The molecule has 0 radical (unpaired) electrons. The third kappa shape index (κ3) is 3.54. The van der Waals surface area contributed by atoms with Gasteiger partial charge in [0.2, 0.25) is 0 Å². The van der Waals surface area contributed by atoms with Gasteiger partial charge in [0.1, 0.15) is 0 Å². The minimum absolute atomic E-state index is 0.659. The second kappa shape index (κ2) is 6.61. The quantitative estimate of drug-likeness (QED) is 0.659. The summed E-state index contributed by atoms with van der Waals surface area (Å²) in [6, 6.07) is 2.82. The van der Waals surface area contributed by atoms with E-state index in [1.165, 1.54) is 44.1 Å². The first-order valence-corrected chi connectivity index (χ1v) is 8.79. The average Bonchev–Trinajstić information content (AvgIpc) is 3.06. The van der Waals surface area contributed by atoms with Gasteiger partial charge in [-0.05, 0) is 40.6 Å². The molecule has 2 N–H and O–H groups in total. The molecule has 3 nitrogen and oxygen atoms in total. The first kappa shape index (κ1) is 13.9. The lowest BCUT2D eigenvalue weighted by molar-refractivity contribution is 0.315. The molecule has 0 saturated heterocycles. The fourth-order valence-electron chi connectivity index (χ4n) is 3.41. The van der Waals surface area contributed by atoms with Crippen molar-refractivity contribution in [2.45, 2.75) is 51.1 Å². The summed E-state index contributed by atoms with van der Waals surface area (Å²) in [6.45, 7) is 0.865. The zero-order valence-corrected chi connectivity index (χ0v) is 13.1. The SMILES string of the molecule is CN=C(NCc1ccsc1)NC1CC1C1CCCCC1. The van der Waals surface area contributed by atoms with Gasteiger partial charge in [0.05, 0.1) is 0 Å². The van der Waals surface area contributed by atoms with Gasteiger partial charge in [-0.2, -0.15) is 11.3 Å². The zero-order valence-electron chi connectivity index (χ0n) is 12.3. The van der Waals surface area contributed by atoms with Crippen molar-refractivity contribution in [2.24, 2.45) is 16.8 Å². The molecule has 0 aliphatic heterocycles. The highest BCUT2D eigenvalue weighted by Gasteiger charge is 2.43. The van der Waals surface area contributed by atoms with E-state index in [9.17, 15) is 0 Å². The predicted molar refractivity (Wildman–Crippen MR) is 86.1 cm³/mol. The first-order valence-electron chi connectivity index (χ1n) is 7.85. The average molecular weight is 291 g/mol. The maximum Gasteiger partial charge on any atom is 0.191 e. The van der Waals surface area contributed by atoms with Crippen molar-refractivity contribution in [1.29, 1.82) is 0 Å². The minimum Gasteiger partial charge on any atom is -0.353 e. The molecule has 0 bridgehead atoms. The normalized spacial score (nSPS) is 27.4. The van der Waals surface area contributed by atoms with Crippen molar-refractivity contribution in [3.8, 4) is 0 Å². The number of guanidine groups is 1. The van der Waals surface area contributed by atoms with Gasteiger partial charge >= 0.3 is 0 Å². The fourth-order valence-corrected chi connectivity index (χ4v) is 4.08. The molecular weight excluding hydrogens is 266 g/mol. The predicted octanol–water partition coefficient (Wildman–Crippen LogP) is 3.38. The summed E-state index contributed by atoms with van der Waals surface area (Å²) in [5, 5.41) is 11.3. The topological polar surface area (TPSA) is 36.4 Å². The van der Waals surface area contributed by atoms with Crippen LogP contribution in [0, 0.1) is 11.8 Å². The Morgan fingerprint density at radius 3 is 2.90 bits per heavy atom. The monoisotopic (exact) mass is 291 g/mol. The van der Waals surface area contributed by atoms with Crippen LogP contribution in [0.25, 0.3) is 0 Å². The van der Waals surface area contributed by atoms with Crippen molar-refractivity contribution in [1.82, 2.24) is 10.6 Å². The summed E-state index contributed by atoms with van der Waals surface area (Å²) in [5.74, 6) is 2.82. The van der Waals surface area contributed by atoms with Crippen LogP contribution >= 0.6 is 11.3 Å². The molecule has 2 aliphatic rings. The summed E-state index contributed by atoms with van der Waals surface area (Å²) in [6.07, 6.45) is 8.57. The van der Waals surface area contributed by atoms with E-state index >= 15 is 0 Å². The van der Waals surface area contributed by atoms with Crippen molar-refractivity contribution in [3.05, 3.63) is 22.4 Å². The molecule has 2 saturated carbocycles. The van der Waals surface area contributed by atoms with Crippen LogP contribution in [0.3, 0.4) is 0 Å². The molecule has 1 aromatic rings. The summed E-state index contributed by atoms with van der Waals surface area (Å²) in [4.78, 5) is 4.35. The second-order valence-corrected chi connectivity index (χ2v) is 6.89. The highest BCUT2D eigenvalue weighted by Crippen LogP contribution is 2.44. The van der Waals surface area contributed by atoms with Crippen LogP contribution in [0.1, 0.15) is 44.1 Å². The van der Waals surface area contributed by atoms with Crippen molar-refractivity contribution < 1.29 is 0 Å². The van der Waals surface area contributed by atoms with Crippen molar-refractivity contribution in [3.63, 3.8) is 0 Å². The Bertz CT molecular complexity index is 435. The van der Waals surface area contributed by atoms with E-state index in [-0.39, 0.29) is 0 Å². The van der Waals surface area contributed by atoms with E-state index in [1.54, 1.807) is 11.3 Å². The van der Waals surface area contributed by atoms with Crippen LogP contribution in [-0.2, 0) is 6.54 Å². The van der Waals surface area contributed by atoms with Gasteiger partial charge in [0.15, 0.2) is 5.96 Å². The standard InChI is InChI=1S/C16H25N3S/c1-17-16(18-10-12-7-8-20-11-12)19-15-9-14(15)13-5-3-2-4-6-13/h7-8,11,13-15H,2-6,9-10H2,1H3,(H2,17,18,19). The second-order valence-electron chi connectivity index (χ2n) is 6.11. The molecule has 4 heteroatoms. The maximum atomic E-state index is 4.35. The molecule has 1 aromatic heterocycles. The van der Waals surface area contributed by atoms with Crippen molar-refractivity contribution in [2.75, 3.05) is 7.05 Å². The molecular formula is C16H25N3S. The van der Waals surface area contributed by atoms with Crippen LogP contribution in [0.2, 0.25) is 0 Å². The van der Waals surface area contributed by atoms with Gasteiger partial charge in [-0.1, -0.05) is 32.1 Å². The van der Waals surface area contributed by atoms with Gasteiger partial charge in [-0.25, -0.2) is 0 Å². The van der Waals surface area contributed by atoms with Gasteiger partial charge in [-0.3, -0.25) is 4.99 Å². The summed E-state index contributed by atoms with van der Waals surface area (Å²) < 4.78 is 0. The van der Waals surface area contributed by atoms with E-state index in [0.29, 0.717) is 6.04 Å². The Kier molecular flexibility index (Phi) is 4.61. The van der Waals surface area contributed by atoms with E-state index in [0.717, 1.165) is 24.3 Å². The maximum absolute atomic E-state index is 4.35. The van der Waals surface area contributed by atoms with E-state index in [2.05, 4.69) is 32.5 Å². The third-order valence-electron chi connectivity index (χ3n) is 4.68. The Labute approximate surface area is 125 Å². The number of nitrogens with one attached hydrogen (secondary N) is 2. The zero-order chi connectivity index (χ0) is 13.8. The lowest BCUT2D eigenvalue weighted by Gasteiger charge is -2.22. The van der Waals surface area contributed by atoms with E-state index in [1.807, 2.05) is 7.05 Å². The highest BCUT2D eigenvalue weighted by atomic mass is 32.1. The van der Waals surface area contributed by atoms with Crippen LogP contribution in [0.15, 0.2) is 21.8 Å². The molecule has 0 aromatic carbocycles.